The van der Waals surface area contributed by atoms with Gasteiger partial charge in [0.05, 0.1) is 6.04 Å². The number of pyridine rings is 1. The molecule has 0 fully saturated rings. The summed E-state index contributed by atoms with van der Waals surface area (Å²) in [6.45, 7) is 7.84. The van der Waals surface area contributed by atoms with E-state index in [9.17, 15) is 4.79 Å². The molecule has 1 aromatic carbocycles. The topological polar surface area (TPSA) is 34.0 Å². The van der Waals surface area contributed by atoms with Crippen molar-refractivity contribution in [3.8, 4) is 0 Å². The Morgan fingerprint density at radius 3 is 2.65 bits per heavy atom. The fourth-order valence-electron chi connectivity index (χ4n) is 2.54. The number of hydrogen-bond donors (Lipinski definition) is 1. The molecule has 3 nitrogen and oxygen atoms in total. The number of aryl methyl sites for hydroxylation is 2. The van der Waals surface area contributed by atoms with Gasteiger partial charge in [-0.2, -0.15) is 0 Å². The standard InChI is InChI=1S/C17H22N2O/c1-4-18-16(12-19-10-6-5-7-17(19)20)15-9-8-13(2)11-14(15)3/h5-11,16,18H,4,12H2,1-3H3. The van der Waals surface area contributed by atoms with Gasteiger partial charge in [0.25, 0.3) is 5.56 Å². The Morgan fingerprint density at radius 1 is 1.20 bits per heavy atom. The van der Waals surface area contributed by atoms with Gasteiger partial charge in [0.2, 0.25) is 0 Å². The predicted octanol–water partition coefficient (Wildman–Crippen LogP) is 2.82. The number of benzene rings is 1. The molecule has 1 unspecified atom stereocenters. The van der Waals surface area contributed by atoms with Crippen molar-refractivity contribution in [2.75, 3.05) is 6.54 Å². The van der Waals surface area contributed by atoms with Gasteiger partial charge in [-0.3, -0.25) is 4.79 Å². The molecular formula is C17H22N2O. The first-order chi connectivity index (χ1) is 9.61. The van der Waals surface area contributed by atoms with Crippen molar-refractivity contribution in [2.24, 2.45) is 0 Å². The molecule has 0 aliphatic carbocycles. The van der Waals surface area contributed by atoms with Crippen LogP contribution in [0.25, 0.3) is 0 Å². The first-order valence-electron chi connectivity index (χ1n) is 7.08. The Bertz CT molecular complexity index is 631. The van der Waals surface area contributed by atoms with E-state index >= 15 is 0 Å². The van der Waals surface area contributed by atoms with Crippen LogP contribution in [0.1, 0.15) is 29.7 Å². The molecule has 0 bridgehead atoms. The maximum Gasteiger partial charge on any atom is 0.250 e. The first-order valence-corrected chi connectivity index (χ1v) is 7.08. The summed E-state index contributed by atoms with van der Waals surface area (Å²) < 4.78 is 1.76. The van der Waals surface area contributed by atoms with Gasteiger partial charge in [-0.25, -0.2) is 0 Å². The molecule has 0 amide bonds. The van der Waals surface area contributed by atoms with Gasteiger partial charge in [0.15, 0.2) is 0 Å². The minimum atomic E-state index is 0.0418. The Morgan fingerprint density at radius 2 is 2.00 bits per heavy atom. The van der Waals surface area contributed by atoms with Gasteiger partial charge in [0.1, 0.15) is 0 Å². The van der Waals surface area contributed by atoms with Crippen LogP contribution in [0.3, 0.4) is 0 Å². The summed E-state index contributed by atoms with van der Waals surface area (Å²) in [5, 5.41) is 3.48. The van der Waals surface area contributed by atoms with Crippen LogP contribution in [0.2, 0.25) is 0 Å². The summed E-state index contributed by atoms with van der Waals surface area (Å²) >= 11 is 0. The summed E-state index contributed by atoms with van der Waals surface area (Å²) in [6.07, 6.45) is 1.84. The van der Waals surface area contributed by atoms with Gasteiger partial charge in [-0.1, -0.05) is 36.8 Å². The lowest BCUT2D eigenvalue weighted by Crippen LogP contribution is -2.30. The average molecular weight is 270 g/mol. The molecule has 2 aromatic rings. The van der Waals surface area contributed by atoms with Gasteiger partial charge in [-0.05, 0) is 37.6 Å². The molecule has 1 atom stereocenters. The number of rotatable bonds is 5. The summed E-state index contributed by atoms with van der Waals surface area (Å²) in [5.41, 5.74) is 3.83. The molecule has 0 saturated heterocycles. The summed E-state index contributed by atoms with van der Waals surface area (Å²) in [5.74, 6) is 0. The number of aromatic nitrogens is 1. The number of nitrogens with zero attached hydrogens (tertiary/aromatic N) is 1. The molecule has 1 heterocycles. The van der Waals surface area contributed by atoms with E-state index in [1.165, 1.54) is 16.7 Å². The van der Waals surface area contributed by atoms with Crippen molar-refractivity contribution in [1.82, 2.24) is 9.88 Å². The normalized spacial score (nSPS) is 12.3. The smallest absolute Gasteiger partial charge is 0.250 e. The van der Waals surface area contributed by atoms with E-state index in [1.54, 1.807) is 16.7 Å². The van der Waals surface area contributed by atoms with E-state index in [0.717, 1.165) is 6.54 Å². The monoisotopic (exact) mass is 270 g/mol. The largest absolute Gasteiger partial charge is 0.314 e. The molecular weight excluding hydrogens is 248 g/mol. The predicted molar refractivity (Wildman–Crippen MR) is 83.0 cm³/mol. The Hall–Kier alpha value is -1.87. The highest BCUT2D eigenvalue weighted by atomic mass is 16.1. The fraction of sp³-hybridized carbons (Fsp3) is 0.353. The van der Waals surface area contributed by atoms with Crippen LogP contribution in [-0.2, 0) is 6.54 Å². The second-order valence-corrected chi connectivity index (χ2v) is 5.16. The molecule has 0 spiro atoms. The molecule has 106 valence electrons. The third-order valence-corrected chi connectivity index (χ3v) is 3.53. The zero-order chi connectivity index (χ0) is 14.5. The Labute approximate surface area is 120 Å². The van der Waals surface area contributed by atoms with Crippen molar-refractivity contribution in [1.29, 1.82) is 0 Å². The van der Waals surface area contributed by atoms with Crippen LogP contribution in [0.5, 0.6) is 0 Å². The summed E-state index contributed by atoms with van der Waals surface area (Å²) in [4.78, 5) is 11.9. The van der Waals surface area contributed by atoms with E-state index in [1.807, 2.05) is 12.3 Å². The second kappa shape index (κ2) is 6.53. The van der Waals surface area contributed by atoms with Crippen LogP contribution in [0, 0.1) is 13.8 Å². The Balaban J connectivity index is 2.32. The molecule has 3 heteroatoms. The third-order valence-electron chi connectivity index (χ3n) is 3.53. The van der Waals surface area contributed by atoms with Crippen molar-refractivity contribution in [2.45, 2.75) is 33.4 Å². The molecule has 1 aromatic heterocycles. The molecule has 1 N–H and O–H groups in total. The number of hydrogen-bond acceptors (Lipinski definition) is 2. The van der Waals surface area contributed by atoms with Crippen molar-refractivity contribution >= 4 is 0 Å². The van der Waals surface area contributed by atoms with Crippen molar-refractivity contribution < 1.29 is 0 Å². The van der Waals surface area contributed by atoms with Gasteiger partial charge < -0.3 is 9.88 Å². The van der Waals surface area contributed by atoms with Crippen LogP contribution in [-0.4, -0.2) is 11.1 Å². The van der Waals surface area contributed by atoms with E-state index in [2.05, 4.69) is 44.3 Å². The lowest BCUT2D eigenvalue weighted by Gasteiger charge is -2.21. The number of nitrogens with one attached hydrogen (secondary N) is 1. The highest BCUT2D eigenvalue weighted by Gasteiger charge is 2.13. The quantitative estimate of drug-likeness (QED) is 0.906. The maximum atomic E-state index is 11.9. The maximum absolute atomic E-state index is 11.9. The zero-order valence-corrected chi connectivity index (χ0v) is 12.4. The van der Waals surface area contributed by atoms with Gasteiger partial charge >= 0.3 is 0 Å². The van der Waals surface area contributed by atoms with Gasteiger partial charge in [0, 0.05) is 18.8 Å². The minimum absolute atomic E-state index is 0.0418. The first kappa shape index (κ1) is 14.5. The van der Waals surface area contributed by atoms with Crippen molar-refractivity contribution in [3.63, 3.8) is 0 Å². The molecule has 0 radical (unpaired) electrons. The van der Waals surface area contributed by atoms with E-state index in [-0.39, 0.29) is 11.6 Å². The minimum Gasteiger partial charge on any atom is -0.314 e. The van der Waals surface area contributed by atoms with Crippen molar-refractivity contribution in [3.05, 3.63) is 69.6 Å². The summed E-state index contributed by atoms with van der Waals surface area (Å²) in [6, 6.07) is 11.9. The van der Waals surface area contributed by atoms with E-state index in [4.69, 9.17) is 0 Å². The molecule has 20 heavy (non-hydrogen) atoms. The molecule has 0 aliphatic heterocycles. The number of likely N-dealkylation sites (N-methyl/N-ethyl adjacent to an activating group) is 1. The zero-order valence-electron chi connectivity index (χ0n) is 12.4. The fourth-order valence-corrected chi connectivity index (χ4v) is 2.54. The molecule has 2 rings (SSSR count). The molecule has 0 saturated carbocycles. The van der Waals surface area contributed by atoms with Crippen LogP contribution < -0.4 is 10.9 Å². The summed E-state index contributed by atoms with van der Waals surface area (Å²) in [7, 11) is 0. The van der Waals surface area contributed by atoms with E-state index < -0.39 is 0 Å². The van der Waals surface area contributed by atoms with E-state index in [0.29, 0.717) is 6.54 Å². The lowest BCUT2D eigenvalue weighted by atomic mass is 9.99. The second-order valence-electron chi connectivity index (χ2n) is 5.16. The third kappa shape index (κ3) is 3.36. The van der Waals surface area contributed by atoms with Gasteiger partial charge in [-0.15, -0.1) is 0 Å². The average Bonchev–Trinajstić information content (AvgIpc) is 2.41. The SMILES string of the molecule is CCNC(Cn1ccccc1=O)c1ccc(C)cc1C. The van der Waals surface area contributed by atoms with Crippen LogP contribution in [0.4, 0.5) is 0 Å². The Kier molecular flexibility index (Phi) is 4.74. The highest BCUT2D eigenvalue weighted by molar-refractivity contribution is 5.32. The van der Waals surface area contributed by atoms with Crippen LogP contribution in [0.15, 0.2) is 47.4 Å². The lowest BCUT2D eigenvalue weighted by molar-refractivity contribution is 0.465. The van der Waals surface area contributed by atoms with Crippen LogP contribution >= 0.6 is 0 Å². The molecule has 0 aliphatic rings. The highest BCUT2D eigenvalue weighted by Crippen LogP contribution is 2.20.